The van der Waals surface area contributed by atoms with Gasteiger partial charge < -0.3 is 20.7 Å². The van der Waals surface area contributed by atoms with Crippen LogP contribution in [-0.4, -0.2) is 54.9 Å². The van der Waals surface area contributed by atoms with Crippen LogP contribution < -0.4 is 11.1 Å². The second-order valence-electron chi connectivity index (χ2n) is 9.53. The first-order valence-corrected chi connectivity index (χ1v) is 12.1. The van der Waals surface area contributed by atoms with Gasteiger partial charge in [0.25, 0.3) is 5.91 Å². The lowest BCUT2D eigenvalue weighted by atomic mass is 9.86. The van der Waals surface area contributed by atoms with Crippen molar-refractivity contribution in [3.05, 3.63) is 59.7 Å². The van der Waals surface area contributed by atoms with Crippen LogP contribution >= 0.6 is 0 Å². The lowest BCUT2D eigenvalue weighted by molar-refractivity contribution is -0.157. The highest BCUT2D eigenvalue weighted by atomic mass is 16.5. The van der Waals surface area contributed by atoms with Crippen LogP contribution in [0.15, 0.2) is 48.5 Å². The van der Waals surface area contributed by atoms with E-state index in [1.165, 1.54) is 0 Å². The number of carbonyl (C=O) groups is 2. The third-order valence-corrected chi connectivity index (χ3v) is 7.02. The van der Waals surface area contributed by atoms with Gasteiger partial charge in [0.2, 0.25) is 0 Å². The van der Waals surface area contributed by atoms with Crippen LogP contribution in [0.1, 0.15) is 54.4 Å². The summed E-state index contributed by atoms with van der Waals surface area (Å²) in [4.78, 5) is 27.6. The van der Waals surface area contributed by atoms with E-state index in [9.17, 15) is 9.59 Å². The van der Waals surface area contributed by atoms with E-state index in [0.29, 0.717) is 11.1 Å². The molecule has 0 bridgehead atoms. The number of amidine groups is 1. The number of likely N-dealkylation sites (tertiary alicyclic amines) is 1. The summed E-state index contributed by atoms with van der Waals surface area (Å²) in [5.41, 5.74) is 8.81. The first-order valence-electron chi connectivity index (χ1n) is 12.1. The van der Waals surface area contributed by atoms with Gasteiger partial charge in [-0.3, -0.25) is 15.0 Å². The quantitative estimate of drug-likeness (QED) is 0.346. The molecule has 1 aliphatic carbocycles. The van der Waals surface area contributed by atoms with Crippen molar-refractivity contribution in [3.63, 3.8) is 0 Å². The topological polar surface area (TPSA) is 109 Å². The minimum absolute atomic E-state index is 0.0433. The Balaban J connectivity index is 1.24. The van der Waals surface area contributed by atoms with Gasteiger partial charge in [0.1, 0.15) is 11.9 Å². The van der Waals surface area contributed by atoms with Gasteiger partial charge in [0, 0.05) is 30.3 Å². The summed E-state index contributed by atoms with van der Waals surface area (Å²) in [5.74, 6) is -0.162. The van der Waals surface area contributed by atoms with Crippen LogP contribution in [-0.2, 0) is 9.53 Å². The molecule has 0 aromatic heterocycles. The maximum Gasteiger partial charge on any atom is 0.309 e. The van der Waals surface area contributed by atoms with Crippen LogP contribution in [0, 0.1) is 11.3 Å². The van der Waals surface area contributed by atoms with E-state index in [1.807, 2.05) is 48.5 Å². The number of amides is 1. The van der Waals surface area contributed by atoms with E-state index in [4.69, 9.17) is 15.9 Å². The molecule has 4 rings (SSSR count). The van der Waals surface area contributed by atoms with E-state index in [0.717, 1.165) is 62.7 Å². The highest BCUT2D eigenvalue weighted by molar-refractivity contribution is 5.96. The third kappa shape index (κ3) is 6.03. The molecule has 34 heavy (non-hydrogen) atoms. The van der Waals surface area contributed by atoms with Gasteiger partial charge in [-0.05, 0) is 68.8 Å². The summed E-state index contributed by atoms with van der Waals surface area (Å²) in [6.07, 6.45) is 4.97. The number of piperidine rings is 1. The van der Waals surface area contributed by atoms with Crippen LogP contribution in [0.5, 0.6) is 0 Å². The summed E-state index contributed by atoms with van der Waals surface area (Å²) >= 11 is 0. The average molecular weight is 463 g/mol. The predicted molar refractivity (Wildman–Crippen MR) is 133 cm³/mol. The minimum atomic E-state index is -0.0872. The fourth-order valence-electron chi connectivity index (χ4n) is 4.76. The normalized spacial score (nSPS) is 21.6. The summed E-state index contributed by atoms with van der Waals surface area (Å²) < 4.78 is 5.76. The van der Waals surface area contributed by atoms with E-state index in [1.54, 1.807) is 0 Å². The van der Waals surface area contributed by atoms with E-state index in [2.05, 4.69) is 17.3 Å². The Morgan fingerprint density at radius 1 is 0.882 bits per heavy atom. The van der Waals surface area contributed by atoms with Crippen molar-refractivity contribution in [2.24, 2.45) is 11.7 Å². The average Bonchev–Trinajstić information content (AvgIpc) is 2.86. The zero-order valence-corrected chi connectivity index (χ0v) is 19.8. The lowest BCUT2D eigenvalue weighted by Gasteiger charge is -2.32. The van der Waals surface area contributed by atoms with E-state index < -0.39 is 0 Å². The zero-order chi connectivity index (χ0) is 24.1. The smallest absolute Gasteiger partial charge is 0.309 e. The highest BCUT2D eigenvalue weighted by Gasteiger charge is 2.30. The van der Waals surface area contributed by atoms with E-state index >= 15 is 0 Å². The molecule has 1 aliphatic heterocycles. The number of hydrogen-bond acceptors (Lipinski definition) is 5. The molecule has 2 aromatic rings. The fraction of sp³-hybridized carbons (Fsp3) is 0.444. The van der Waals surface area contributed by atoms with Gasteiger partial charge in [0.15, 0.2) is 0 Å². The number of nitrogens with two attached hydrogens (primary N) is 1. The van der Waals surface area contributed by atoms with Gasteiger partial charge in [-0.2, -0.15) is 0 Å². The number of nitrogen functional groups attached to an aromatic ring is 1. The van der Waals surface area contributed by atoms with Crippen LogP contribution in [0.25, 0.3) is 11.1 Å². The van der Waals surface area contributed by atoms with Crippen molar-refractivity contribution in [1.29, 1.82) is 5.41 Å². The maximum absolute atomic E-state index is 12.7. The molecule has 0 atom stereocenters. The number of hydrogen-bond donors (Lipinski definition) is 3. The van der Waals surface area contributed by atoms with Crippen molar-refractivity contribution in [2.75, 3.05) is 20.1 Å². The highest BCUT2D eigenvalue weighted by Crippen LogP contribution is 2.27. The molecule has 1 saturated carbocycles. The standard InChI is InChI=1S/C27H34N4O3/c1-31-16-14-24(15-17-31)34-27(33)22-10-12-23(13-11-22)30-26(32)21-8-4-19(5-9-21)18-2-6-20(7-3-18)25(28)29/h2-9,22-24H,10-17H2,1H3,(H3,28,29)(H,30,32)/t22-,23-. The number of carbonyl (C=O) groups excluding carboxylic acids is 2. The molecule has 7 nitrogen and oxygen atoms in total. The van der Waals surface area contributed by atoms with Gasteiger partial charge in [-0.1, -0.05) is 36.4 Å². The second-order valence-corrected chi connectivity index (χ2v) is 9.53. The molecular formula is C27H34N4O3. The second kappa shape index (κ2) is 10.8. The zero-order valence-electron chi connectivity index (χ0n) is 19.8. The van der Waals surface area contributed by atoms with Crippen molar-refractivity contribution in [2.45, 2.75) is 50.7 Å². The Morgan fingerprint density at radius 3 is 1.94 bits per heavy atom. The molecule has 2 aromatic carbocycles. The van der Waals surface area contributed by atoms with Crippen molar-refractivity contribution in [1.82, 2.24) is 10.2 Å². The van der Waals surface area contributed by atoms with Crippen molar-refractivity contribution in [3.8, 4) is 11.1 Å². The number of esters is 1. The molecule has 0 radical (unpaired) electrons. The predicted octanol–water partition coefficient (Wildman–Crippen LogP) is 3.56. The fourth-order valence-corrected chi connectivity index (χ4v) is 4.76. The molecular weight excluding hydrogens is 428 g/mol. The molecule has 7 heteroatoms. The molecule has 2 fully saturated rings. The van der Waals surface area contributed by atoms with Gasteiger partial charge in [-0.15, -0.1) is 0 Å². The SMILES string of the molecule is CN1CCC(OC(=O)[C@H]2CC[C@H](NC(=O)c3ccc(-c4ccc(C(=N)N)cc4)cc3)CC2)CC1. The summed E-state index contributed by atoms with van der Waals surface area (Å²) in [7, 11) is 2.09. The maximum atomic E-state index is 12.7. The number of nitrogens with one attached hydrogen (secondary N) is 2. The first-order chi connectivity index (χ1) is 16.4. The molecule has 4 N–H and O–H groups in total. The Bertz CT molecular complexity index is 1000. The van der Waals surface area contributed by atoms with Crippen LogP contribution in [0.2, 0.25) is 0 Å². The largest absolute Gasteiger partial charge is 0.462 e. The number of benzene rings is 2. The summed E-state index contributed by atoms with van der Waals surface area (Å²) in [6, 6.07) is 15.1. The Hall–Kier alpha value is -3.19. The van der Waals surface area contributed by atoms with Crippen molar-refractivity contribution < 1.29 is 14.3 Å². The van der Waals surface area contributed by atoms with Gasteiger partial charge in [-0.25, -0.2) is 0 Å². The van der Waals surface area contributed by atoms with Crippen LogP contribution in [0.4, 0.5) is 0 Å². The Kier molecular flexibility index (Phi) is 7.63. The monoisotopic (exact) mass is 462 g/mol. The van der Waals surface area contributed by atoms with Crippen molar-refractivity contribution >= 4 is 17.7 Å². The lowest BCUT2D eigenvalue weighted by Crippen LogP contribution is -2.40. The molecule has 1 heterocycles. The molecule has 0 unspecified atom stereocenters. The molecule has 1 amide bonds. The Labute approximate surface area is 201 Å². The molecule has 180 valence electrons. The molecule has 1 saturated heterocycles. The van der Waals surface area contributed by atoms with Crippen LogP contribution in [0.3, 0.4) is 0 Å². The summed E-state index contributed by atoms with van der Waals surface area (Å²) in [5, 5.41) is 10.6. The van der Waals surface area contributed by atoms with E-state index in [-0.39, 0.29) is 35.8 Å². The first kappa shape index (κ1) is 24.0. The summed E-state index contributed by atoms with van der Waals surface area (Å²) in [6.45, 7) is 1.95. The number of nitrogens with zero attached hydrogens (tertiary/aromatic N) is 1. The minimum Gasteiger partial charge on any atom is -0.462 e. The number of rotatable bonds is 6. The van der Waals surface area contributed by atoms with Gasteiger partial charge in [0.05, 0.1) is 5.92 Å². The molecule has 2 aliphatic rings. The molecule has 0 spiro atoms. The number of ether oxygens (including phenoxy) is 1. The van der Waals surface area contributed by atoms with Gasteiger partial charge >= 0.3 is 5.97 Å². The Morgan fingerprint density at radius 2 is 1.41 bits per heavy atom. The third-order valence-electron chi connectivity index (χ3n) is 7.02.